The van der Waals surface area contributed by atoms with E-state index in [2.05, 4.69) is 10.9 Å². The van der Waals surface area contributed by atoms with Crippen molar-refractivity contribution < 1.29 is 14.3 Å². The van der Waals surface area contributed by atoms with Crippen molar-refractivity contribution in [3.8, 4) is 5.75 Å². The first-order valence-corrected chi connectivity index (χ1v) is 6.95. The maximum atomic E-state index is 11.9. The van der Waals surface area contributed by atoms with Crippen LogP contribution in [0.4, 0.5) is 0 Å². The predicted octanol–water partition coefficient (Wildman–Crippen LogP) is 2.26. The van der Waals surface area contributed by atoms with Gasteiger partial charge < -0.3 is 4.74 Å². The normalized spacial score (nSPS) is 12.5. The van der Waals surface area contributed by atoms with Gasteiger partial charge in [-0.3, -0.25) is 20.4 Å². The van der Waals surface area contributed by atoms with Crippen molar-refractivity contribution in [2.24, 2.45) is 5.41 Å². The van der Waals surface area contributed by atoms with E-state index >= 15 is 0 Å². The first kappa shape index (κ1) is 17.0. The molecule has 1 aromatic carbocycles. The summed E-state index contributed by atoms with van der Waals surface area (Å²) in [6.45, 7) is 10.9. The number of hydrazine groups is 1. The number of hydrogen-bond donors (Lipinski definition) is 2. The summed E-state index contributed by atoms with van der Waals surface area (Å²) in [6, 6.07) is 5.64. The second-order valence-electron chi connectivity index (χ2n) is 6.20. The lowest BCUT2D eigenvalue weighted by molar-refractivity contribution is -0.136. The van der Waals surface area contributed by atoms with Crippen LogP contribution in [-0.2, 0) is 9.59 Å². The van der Waals surface area contributed by atoms with E-state index in [-0.39, 0.29) is 5.91 Å². The molecule has 0 bridgehead atoms. The highest BCUT2D eigenvalue weighted by Crippen LogP contribution is 2.17. The zero-order valence-electron chi connectivity index (χ0n) is 13.5. The zero-order valence-corrected chi connectivity index (χ0v) is 13.5. The highest BCUT2D eigenvalue weighted by atomic mass is 16.5. The standard InChI is InChI=1S/C16H24N2O3/c1-10-7-8-13(9-11(10)2)21-12(3)14(19)17-18-15(20)16(4,5)6/h7-9,12H,1-6H3,(H,17,19)(H,18,20). The average molecular weight is 292 g/mol. The van der Waals surface area contributed by atoms with E-state index in [1.807, 2.05) is 32.0 Å². The Morgan fingerprint density at radius 3 is 2.24 bits per heavy atom. The molecule has 5 nitrogen and oxygen atoms in total. The average Bonchev–Trinajstić information content (AvgIpc) is 2.38. The molecule has 0 aromatic heterocycles. The number of hydrogen-bond acceptors (Lipinski definition) is 3. The number of amides is 2. The number of aryl methyl sites for hydroxylation is 2. The Bertz CT molecular complexity index is 533. The number of nitrogens with one attached hydrogen (secondary N) is 2. The Morgan fingerprint density at radius 2 is 1.71 bits per heavy atom. The fourth-order valence-corrected chi connectivity index (χ4v) is 1.45. The number of carbonyl (C=O) groups is 2. The molecule has 116 valence electrons. The van der Waals surface area contributed by atoms with Gasteiger partial charge in [-0.2, -0.15) is 0 Å². The van der Waals surface area contributed by atoms with Gasteiger partial charge in [0.05, 0.1) is 0 Å². The van der Waals surface area contributed by atoms with E-state index < -0.39 is 17.4 Å². The Balaban J connectivity index is 2.55. The van der Waals surface area contributed by atoms with Gasteiger partial charge in [-0.15, -0.1) is 0 Å². The van der Waals surface area contributed by atoms with Crippen molar-refractivity contribution in [2.45, 2.75) is 47.6 Å². The van der Waals surface area contributed by atoms with Crippen LogP contribution in [0.3, 0.4) is 0 Å². The van der Waals surface area contributed by atoms with Gasteiger partial charge in [0.15, 0.2) is 6.10 Å². The van der Waals surface area contributed by atoms with Gasteiger partial charge in [0, 0.05) is 5.41 Å². The third-order valence-electron chi connectivity index (χ3n) is 3.14. The number of rotatable bonds is 3. The van der Waals surface area contributed by atoms with Crippen molar-refractivity contribution in [3.05, 3.63) is 29.3 Å². The number of ether oxygens (including phenoxy) is 1. The number of benzene rings is 1. The van der Waals surface area contributed by atoms with Crippen LogP contribution < -0.4 is 15.6 Å². The minimum Gasteiger partial charge on any atom is -0.481 e. The van der Waals surface area contributed by atoms with Gasteiger partial charge in [0.2, 0.25) is 5.91 Å². The summed E-state index contributed by atoms with van der Waals surface area (Å²) in [7, 11) is 0. The van der Waals surface area contributed by atoms with Crippen LogP contribution in [0.15, 0.2) is 18.2 Å². The Kier molecular flexibility index (Phi) is 5.35. The van der Waals surface area contributed by atoms with E-state index in [0.717, 1.165) is 11.1 Å². The van der Waals surface area contributed by atoms with Crippen LogP contribution in [0.1, 0.15) is 38.8 Å². The van der Waals surface area contributed by atoms with E-state index in [1.54, 1.807) is 27.7 Å². The van der Waals surface area contributed by atoms with E-state index in [0.29, 0.717) is 5.75 Å². The van der Waals surface area contributed by atoms with Crippen LogP contribution in [0.2, 0.25) is 0 Å². The molecular formula is C16H24N2O3. The lowest BCUT2D eigenvalue weighted by atomic mass is 9.96. The lowest BCUT2D eigenvalue weighted by Crippen LogP contribution is -2.50. The van der Waals surface area contributed by atoms with Crippen LogP contribution in [0.25, 0.3) is 0 Å². The summed E-state index contributed by atoms with van der Waals surface area (Å²) in [5.41, 5.74) is 6.46. The Hall–Kier alpha value is -2.04. The van der Waals surface area contributed by atoms with Crippen LogP contribution in [0, 0.1) is 19.3 Å². The number of carbonyl (C=O) groups excluding carboxylic acids is 2. The Morgan fingerprint density at radius 1 is 1.10 bits per heavy atom. The highest BCUT2D eigenvalue weighted by Gasteiger charge is 2.23. The summed E-state index contributed by atoms with van der Waals surface area (Å²) < 4.78 is 5.57. The molecule has 0 saturated heterocycles. The molecule has 2 amide bonds. The molecule has 1 aromatic rings. The molecule has 1 unspecified atom stereocenters. The summed E-state index contributed by atoms with van der Waals surface area (Å²) in [5, 5.41) is 0. The topological polar surface area (TPSA) is 67.4 Å². The van der Waals surface area contributed by atoms with Crippen LogP contribution in [0.5, 0.6) is 5.75 Å². The van der Waals surface area contributed by atoms with Gasteiger partial charge in [0.1, 0.15) is 5.75 Å². The second-order valence-corrected chi connectivity index (χ2v) is 6.20. The summed E-state index contributed by atoms with van der Waals surface area (Å²) in [4.78, 5) is 23.5. The van der Waals surface area contributed by atoms with Gasteiger partial charge >= 0.3 is 0 Å². The van der Waals surface area contributed by atoms with Crippen molar-refractivity contribution in [1.82, 2.24) is 10.9 Å². The van der Waals surface area contributed by atoms with E-state index in [9.17, 15) is 9.59 Å². The molecule has 1 atom stereocenters. The summed E-state index contributed by atoms with van der Waals surface area (Å²) in [5.74, 6) is -0.0250. The monoisotopic (exact) mass is 292 g/mol. The molecule has 0 saturated carbocycles. The first-order chi connectivity index (χ1) is 9.61. The predicted molar refractivity (Wildman–Crippen MR) is 81.7 cm³/mol. The molecule has 1 rings (SSSR count). The molecule has 0 aliphatic carbocycles. The molecule has 0 aliphatic rings. The van der Waals surface area contributed by atoms with Gasteiger partial charge in [-0.05, 0) is 44.0 Å². The SMILES string of the molecule is Cc1ccc(OC(C)C(=O)NNC(=O)C(C)(C)C)cc1C. The zero-order chi connectivity index (χ0) is 16.2. The molecule has 5 heteroatoms. The van der Waals surface area contributed by atoms with Crippen LogP contribution in [-0.4, -0.2) is 17.9 Å². The van der Waals surface area contributed by atoms with E-state index in [1.165, 1.54) is 0 Å². The quantitative estimate of drug-likeness (QED) is 0.840. The minimum atomic E-state index is -0.702. The smallest absolute Gasteiger partial charge is 0.279 e. The lowest BCUT2D eigenvalue weighted by Gasteiger charge is -2.20. The van der Waals surface area contributed by atoms with Crippen molar-refractivity contribution >= 4 is 11.8 Å². The van der Waals surface area contributed by atoms with Crippen molar-refractivity contribution in [1.29, 1.82) is 0 Å². The van der Waals surface area contributed by atoms with Crippen LogP contribution >= 0.6 is 0 Å². The fourth-order valence-electron chi connectivity index (χ4n) is 1.45. The molecule has 0 aliphatic heterocycles. The maximum Gasteiger partial charge on any atom is 0.279 e. The third kappa shape index (κ3) is 5.10. The molecule has 21 heavy (non-hydrogen) atoms. The van der Waals surface area contributed by atoms with E-state index in [4.69, 9.17) is 4.74 Å². The molecule has 0 spiro atoms. The van der Waals surface area contributed by atoms with Gasteiger partial charge in [0.25, 0.3) is 5.91 Å². The highest BCUT2D eigenvalue weighted by molar-refractivity contribution is 5.86. The molecule has 2 N–H and O–H groups in total. The van der Waals surface area contributed by atoms with Gasteiger partial charge in [-0.25, -0.2) is 0 Å². The maximum absolute atomic E-state index is 11.9. The summed E-state index contributed by atoms with van der Waals surface area (Å²) >= 11 is 0. The largest absolute Gasteiger partial charge is 0.481 e. The second kappa shape index (κ2) is 6.61. The minimum absolute atomic E-state index is 0.255. The molecule has 0 radical (unpaired) electrons. The molecule has 0 fully saturated rings. The van der Waals surface area contributed by atoms with Gasteiger partial charge in [-0.1, -0.05) is 26.8 Å². The Labute approximate surface area is 126 Å². The molecular weight excluding hydrogens is 268 g/mol. The molecule has 0 heterocycles. The first-order valence-electron chi connectivity index (χ1n) is 6.95. The van der Waals surface area contributed by atoms with Crippen molar-refractivity contribution in [3.63, 3.8) is 0 Å². The third-order valence-corrected chi connectivity index (χ3v) is 3.14. The fraction of sp³-hybridized carbons (Fsp3) is 0.500. The summed E-state index contributed by atoms with van der Waals surface area (Å²) in [6.07, 6.45) is -0.702. The van der Waals surface area contributed by atoms with Crippen molar-refractivity contribution in [2.75, 3.05) is 0 Å².